The molecule has 0 atom stereocenters. The maximum atomic E-state index is 9.75. The molecule has 5 nitrogen and oxygen atoms in total. The largest absolute Gasteiger partial charge is 0.456 e. The second-order valence-corrected chi connectivity index (χ2v) is 16.1. The van der Waals surface area contributed by atoms with Crippen molar-refractivity contribution < 1.29 is 9.15 Å². The minimum Gasteiger partial charge on any atom is -0.456 e. The molecule has 0 radical (unpaired) electrons. The van der Waals surface area contributed by atoms with E-state index in [1.807, 2.05) is 30.3 Å². The number of nitriles is 1. The van der Waals surface area contributed by atoms with Crippen molar-refractivity contribution in [2.24, 2.45) is 0 Å². The van der Waals surface area contributed by atoms with Crippen LogP contribution in [0.15, 0.2) is 192 Å². The molecular formula is C57H37N3O2. The Morgan fingerprint density at radius 3 is 1.82 bits per heavy atom. The van der Waals surface area contributed by atoms with Crippen molar-refractivity contribution in [3.63, 3.8) is 0 Å². The Kier molecular flexibility index (Phi) is 7.97. The third-order valence-electron chi connectivity index (χ3n) is 12.4. The Morgan fingerprint density at radius 2 is 1.06 bits per heavy atom. The number of hydrogen-bond acceptors (Lipinski definition) is 5. The van der Waals surface area contributed by atoms with Crippen LogP contribution >= 0.6 is 0 Å². The molecule has 292 valence electrons. The van der Waals surface area contributed by atoms with Crippen LogP contribution in [0, 0.1) is 25.2 Å². The van der Waals surface area contributed by atoms with Gasteiger partial charge in [0.05, 0.1) is 28.7 Å². The van der Waals surface area contributed by atoms with Gasteiger partial charge in [0.1, 0.15) is 17.1 Å². The first-order chi connectivity index (χ1) is 30.5. The molecule has 0 N–H and O–H groups in total. The lowest BCUT2D eigenvalue weighted by Gasteiger charge is -2.31. The molecule has 1 aromatic heterocycles. The number of benzene rings is 10. The van der Waals surface area contributed by atoms with Gasteiger partial charge in [0.25, 0.3) is 0 Å². The SMILES string of the molecule is Cc1cc(C#N)cc(C)c1N(c1ccccc1)c1ccc2c(c1)Oc1cccc3c1c-2cc1c2ccccc2c(N(c2ccccc2)c2cccc4c2oc2ccccc24)cc31. The van der Waals surface area contributed by atoms with Crippen LogP contribution in [0.2, 0.25) is 0 Å². The van der Waals surface area contributed by atoms with Gasteiger partial charge in [-0.3, -0.25) is 0 Å². The van der Waals surface area contributed by atoms with Crippen LogP contribution in [0.3, 0.4) is 0 Å². The fraction of sp³-hybridized carbons (Fsp3) is 0.0351. The number of furan rings is 1. The minimum atomic E-state index is 0.651. The molecule has 12 rings (SSSR count). The normalized spacial score (nSPS) is 11.8. The van der Waals surface area contributed by atoms with Crippen molar-refractivity contribution >= 4 is 88.4 Å². The number of hydrogen-bond donors (Lipinski definition) is 0. The van der Waals surface area contributed by atoms with E-state index in [1.165, 1.54) is 5.39 Å². The van der Waals surface area contributed by atoms with E-state index < -0.39 is 0 Å². The summed E-state index contributed by atoms with van der Waals surface area (Å²) < 4.78 is 13.6. The minimum absolute atomic E-state index is 0.651. The summed E-state index contributed by atoms with van der Waals surface area (Å²) in [5, 5.41) is 18.8. The second-order valence-electron chi connectivity index (χ2n) is 16.1. The molecule has 0 aliphatic carbocycles. The molecule has 11 aromatic rings. The maximum Gasteiger partial charge on any atom is 0.159 e. The summed E-state index contributed by atoms with van der Waals surface area (Å²) in [6.45, 7) is 4.15. The first-order valence-corrected chi connectivity index (χ1v) is 20.9. The van der Waals surface area contributed by atoms with Crippen molar-refractivity contribution in [2.45, 2.75) is 13.8 Å². The molecule has 1 aliphatic heterocycles. The van der Waals surface area contributed by atoms with E-state index in [0.29, 0.717) is 5.56 Å². The van der Waals surface area contributed by atoms with Gasteiger partial charge in [0.2, 0.25) is 0 Å². The van der Waals surface area contributed by atoms with Crippen LogP contribution < -0.4 is 14.5 Å². The van der Waals surface area contributed by atoms with E-state index in [-0.39, 0.29) is 0 Å². The molecule has 0 unspecified atom stereocenters. The fourth-order valence-electron chi connectivity index (χ4n) is 9.82. The molecule has 10 aromatic carbocycles. The Labute approximate surface area is 358 Å². The van der Waals surface area contributed by atoms with E-state index in [1.54, 1.807) is 0 Å². The van der Waals surface area contributed by atoms with Crippen LogP contribution in [0.1, 0.15) is 16.7 Å². The number of fused-ring (bicyclic) bond motifs is 9. The summed E-state index contributed by atoms with van der Waals surface area (Å²) in [5.41, 5.74) is 12.7. The summed E-state index contributed by atoms with van der Waals surface area (Å²) in [6, 6.07) is 68.4. The Hall–Kier alpha value is -8.33. The number of ether oxygens (including phenoxy) is 1. The van der Waals surface area contributed by atoms with Crippen molar-refractivity contribution in [1.82, 2.24) is 0 Å². The van der Waals surface area contributed by atoms with E-state index in [0.717, 1.165) is 117 Å². The molecule has 0 bridgehead atoms. The molecule has 2 heterocycles. The summed E-state index contributed by atoms with van der Waals surface area (Å²) in [4.78, 5) is 4.62. The first kappa shape index (κ1) is 35.6. The third-order valence-corrected chi connectivity index (χ3v) is 12.4. The standard InChI is InChI=1S/C57H37N3O2/c1-35-29-37(34-58)30-36(2)56(35)59(38-15-5-3-6-16-38)40-27-28-44-49-32-47-41-19-9-10-20-42(41)51(33-48(47)45-22-14-26-53(55(45)49)61-54(44)31-40)60(39-17-7-4-8-18-39)50-24-13-23-46-43-21-11-12-25-52(43)62-57(46)50/h3-33H,1-2H3. The average Bonchev–Trinajstić information content (AvgIpc) is 3.70. The molecule has 0 saturated heterocycles. The van der Waals surface area contributed by atoms with Crippen molar-refractivity contribution in [2.75, 3.05) is 9.80 Å². The first-order valence-electron chi connectivity index (χ1n) is 20.9. The highest BCUT2D eigenvalue weighted by Gasteiger charge is 2.27. The Balaban J connectivity index is 1.08. The van der Waals surface area contributed by atoms with Gasteiger partial charge in [-0.1, -0.05) is 103 Å². The van der Waals surface area contributed by atoms with Gasteiger partial charge in [-0.15, -0.1) is 0 Å². The van der Waals surface area contributed by atoms with Gasteiger partial charge >= 0.3 is 0 Å². The van der Waals surface area contributed by atoms with Gasteiger partial charge in [-0.25, -0.2) is 0 Å². The molecular weight excluding hydrogens is 759 g/mol. The molecule has 0 saturated carbocycles. The summed E-state index contributed by atoms with van der Waals surface area (Å²) in [7, 11) is 0. The quantitative estimate of drug-likeness (QED) is 0.157. The molecule has 0 fully saturated rings. The van der Waals surface area contributed by atoms with Gasteiger partial charge in [0.15, 0.2) is 5.58 Å². The predicted molar refractivity (Wildman–Crippen MR) is 255 cm³/mol. The Bertz CT molecular complexity index is 3640. The van der Waals surface area contributed by atoms with E-state index in [9.17, 15) is 5.26 Å². The second kappa shape index (κ2) is 13.9. The van der Waals surface area contributed by atoms with Crippen LogP contribution in [0.5, 0.6) is 11.5 Å². The smallest absolute Gasteiger partial charge is 0.159 e. The Morgan fingerprint density at radius 1 is 0.435 bits per heavy atom. The zero-order chi connectivity index (χ0) is 41.5. The van der Waals surface area contributed by atoms with E-state index in [4.69, 9.17) is 9.15 Å². The van der Waals surface area contributed by atoms with E-state index >= 15 is 0 Å². The van der Waals surface area contributed by atoms with Crippen LogP contribution in [-0.2, 0) is 0 Å². The highest BCUT2D eigenvalue weighted by molar-refractivity contribution is 6.26. The van der Waals surface area contributed by atoms with Crippen LogP contribution in [-0.4, -0.2) is 0 Å². The lowest BCUT2D eigenvalue weighted by molar-refractivity contribution is 0.487. The van der Waals surface area contributed by atoms with Gasteiger partial charge < -0.3 is 19.0 Å². The van der Waals surface area contributed by atoms with Crippen molar-refractivity contribution in [1.29, 1.82) is 5.26 Å². The number of aryl methyl sites for hydroxylation is 2. The van der Waals surface area contributed by atoms with Crippen LogP contribution in [0.25, 0.3) is 65.4 Å². The average molecular weight is 796 g/mol. The predicted octanol–water partition coefficient (Wildman–Crippen LogP) is 16.2. The lowest BCUT2D eigenvalue weighted by Crippen LogP contribution is -2.13. The molecule has 62 heavy (non-hydrogen) atoms. The summed E-state index contributed by atoms with van der Waals surface area (Å²) in [6.07, 6.45) is 0. The highest BCUT2D eigenvalue weighted by Crippen LogP contribution is 2.53. The molecule has 1 aliphatic rings. The van der Waals surface area contributed by atoms with Crippen LogP contribution in [0.4, 0.5) is 34.1 Å². The fourth-order valence-corrected chi connectivity index (χ4v) is 9.82. The molecule has 0 amide bonds. The van der Waals surface area contributed by atoms with Gasteiger partial charge in [-0.05, 0) is 131 Å². The van der Waals surface area contributed by atoms with Gasteiger partial charge in [0, 0.05) is 50.2 Å². The molecule has 0 spiro atoms. The number of para-hydroxylation sites is 4. The summed E-state index contributed by atoms with van der Waals surface area (Å²) >= 11 is 0. The van der Waals surface area contributed by atoms with Crippen molar-refractivity contribution in [3.8, 4) is 28.7 Å². The van der Waals surface area contributed by atoms with E-state index in [2.05, 4.69) is 187 Å². The zero-order valence-electron chi connectivity index (χ0n) is 34.1. The number of nitrogens with zero attached hydrogens (tertiary/aromatic N) is 3. The number of anilines is 6. The zero-order valence-corrected chi connectivity index (χ0v) is 34.1. The monoisotopic (exact) mass is 795 g/mol. The van der Waals surface area contributed by atoms with Gasteiger partial charge in [-0.2, -0.15) is 5.26 Å². The number of rotatable bonds is 6. The maximum absolute atomic E-state index is 9.75. The molecule has 5 heteroatoms. The highest BCUT2D eigenvalue weighted by atomic mass is 16.5. The summed E-state index contributed by atoms with van der Waals surface area (Å²) in [5.74, 6) is 1.62. The van der Waals surface area contributed by atoms with Crippen molar-refractivity contribution in [3.05, 3.63) is 205 Å². The lowest BCUT2D eigenvalue weighted by atomic mass is 9.88. The topological polar surface area (TPSA) is 52.6 Å². The third kappa shape index (κ3) is 5.40.